The van der Waals surface area contributed by atoms with Crippen molar-refractivity contribution in [3.05, 3.63) is 72.1 Å². The molecule has 3 aliphatic rings. The topological polar surface area (TPSA) is 101 Å². The van der Waals surface area contributed by atoms with Gasteiger partial charge in [0, 0.05) is 34.3 Å². The van der Waals surface area contributed by atoms with E-state index in [0.29, 0.717) is 29.8 Å². The van der Waals surface area contributed by atoms with E-state index in [0.717, 1.165) is 21.8 Å². The second-order valence-electron chi connectivity index (χ2n) is 9.60. The Bertz CT molecular complexity index is 1450. The Morgan fingerprint density at radius 2 is 1.59 bits per heavy atom. The van der Waals surface area contributed by atoms with Gasteiger partial charge in [-0.1, -0.05) is 43.3 Å². The van der Waals surface area contributed by atoms with E-state index in [1.165, 1.54) is 0 Å². The molecule has 8 heteroatoms. The van der Waals surface area contributed by atoms with Gasteiger partial charge in [0.1, 0.15) is 17.6 Å². The second-order valence-corrected chi connectivity index (χ2v) is 9.60. The Morgan fingerprint density at radius 3 is 2.26 bits per heavy atom. The molecule has 4 aromatic rings. The lowest BCUT2D eigenvalue weighted by molar-refractivity contribution is -0.126. The van der Waals surface area contributed by atoms with Crippen LogP contribution in [0.5, 0.6) is 0 Å². The molecule has 34 heavy (non-hydrogen) atoms. The van der Waals surface area contributed by atoms with Crippen LogP contribution in [0, 0.1) is 11.8 Å². The van der Waals surface area contributed by atoms with Gasteiger partial charge in [0.2, 0.25) is 5.91 Å². The van der Waals surface area contributed by atoms with Gasteiger partial charge in [0.25, 0.3) is 11.8 Å². The number of nitrogens with one attached hydrogen (secondary N) is 3. The fourth-order valence-corrected chi connectivity index (χ4v) is 6.22. The minimum Gasteiger partial charge on any atom is -0.351 e. The lowest BCUT2D eigenvalue weighted by Gasteiger charge is -2.21. The maximum Gasteiger partial charge on any atom is 0.272 e. The maximum absolute atomic E-state index is 13.3. The molecule has 3 amide bonds. The molecule has 7 rings (SSSR count). The SMILES string of the molecule is CC1C2CN(C(=O)c3cc4ccccc4[nH]3)C3N(C(=O)CNC(=O)c4cc5ccccc5[nH]4)C123. The zero-order chi connectivity index (χ0) is 23.2. The number of hydrogen-bond donors (Lipinski definition) is 3. The summed E-state index contributed by atoms with van der Waals surface area (Å²) in [4.78, 5) is 48.9. The van der Waals surface area contributed by atoms with Gasteiger partial charge in [0.15, 0.2) is 0 Å². The predicted octanol–water partition coefficient (Wildman–Crippen LogP) is 2.71. The number of aromatic nitrogens is 2. The van der Waals surface area contributed by atoms with Crippen molar-refractivity contribution in [1.29, 1.82) is 0 Å². The number of H-pyrrole nitrogens is 2. The van der Waals surface area contributed by atoms with Crippen LogP contribution in [-0.4, -0.2) is 62.3 Å². The highest BCUT2D eigenvalue weighted by Crippen LogP contribution is 2.73. The summed E-state index contributed by atoms with van der Waals surface area (Å²) in [6.07, 6.45) is -0.233. The monoisotopic (exact) mass is 453 g/mol. The second kappa shape index (κ2) is 6.50. The van der Waals surface area contributed by atoms with E-state index in [1.807, 2.05) is 59.5 Å². The number of para-hydroxylation sites is 2. The first-order valence-corrected chi connectivity index (χ1v) is 11.6. The molecule has 0 radical (unpaired) electrons. The molecule has 8 nitrogen and oxygen atoms in total. The van der Waals surface area contributed by atoms with Gasteiger partial charge in [-0.3, -0.25) is 14.4 Å². The molecule has 4 atom stereocenters. The summed E-state index contributed by atoms with van der Waals surface area (Å²) in [5, 5.41) is 4.67. The van der Waals surface area contributed by atoms with Crippen LogP contribution in [0.15, 0.2) is 60.7 Å². The Hall–Kier alpha value is -4.07. The van der Waals surface area contributed by atoms with E-state index in [9.17, 15) is 14.4 Å². The molecule has 4 heterocycles. The number of fused-ring (bicyclic) bond motifs is 2. The molecule has 2 aromatic carbocycles. The molecule has 0 bridgehead atoms. The number of aromatic amines is 2. The number of amides is 3. The molecule has 170 valence electrons. The quantitative estimate of drug-likeness (QED) is 0.414. The van der Waals surface area contributed by atoms with Crippen molar-refractivity contribution in [2.24, 2.45) is 11.8 Å². The third kappa shape index (κ3) is 2.45. The maximum atomic E-state index is 13.3. The van der Waals surface area contributed by atoms with Crippen LogP contribution < -0.4 is 5.32 Å². The molecule has 2 aromatic heterocycles. The summed E-state index contributed by atoms with van der Waals surface area (Å²) < 4.78 is 0. The molecule has 2 aliphatic heterocycles. The molecule has 2 saturated heterocycles. The molecular weight excluding hydrogens is 430 g/mol. The first-order valence-electron chi connectivity index (χ1n) is 11.6. The molecule has 3 fully saturated rings. The summed E-state index contributed by atoms with van der Waals surface area (Å²) >= 11 is 0. The Kier molecular flexibility index (Phi) is 3.71. The van der Waals surface area contributed by atoms with Crippen molar-refractivity contribution in [1.82, 2.24) is 25.1 Å². The third-order valence-electron chi connectivity index (χ3n) is 7.98. The molecule has 1 spiro atoms. The van der Waals surface area contributed by atoms with Gasteiger partial charge >= 0.3 is 0 Å². The van der Waals surface area contributed by atoms with Crippen molar-refractivity contribution < 1.29 is 14.4 Å². The van der Waals surface area contributed by atoms with Crippen LogP contribution in [0.25, 0.3) is 21.8 Å². The van der Waals surface area contributed by atoms with Crippen molar-refractivity contribution in [3.8, 4) is 0 Å². The van der Waals surface area contributed by atoms with E-state index in [2.05, 4.69) is 22.2 Å². The molecule has 1 saturated carbocycles. The summed E-state index contributed by atoms with van der Waals surface area (Å²) in [6, 6.07) is 19.1. The van der Waals surface area contributed by atoms with Crippen LogP contribution in [0.3, 0.4) is 0 Å². The lowest BCUT2D eigenvalue weighted by Crippen LogP contribution is -2.40. The number of carbonyl (C=O) groups excluding carboxylic acids is 3. The van der Waals surface area contributed by atoms with E-state index in [4.69, 9.17) is 0 Å². The van der Waals surface area contributed by atoms with Crippen molar-refractivity contribution in [3.63, 3.8) is 0 Å². The largest absolute Gasteiger partial charge is 0.351 e. The predicted molar refractivity (Wildman–Crippen MR) is 126 cm³/mol. The Balaban J connectivity index is 1.06. The number of nitrogens with zero attached hydrogens (tertiary/aromatic N) is 2. The molecular formula is C26H23N5O3. The van der Waals surface area contributed by atoms with E-state index in [-0.39, 0.29) is 36.0 Å². The van der Waals surface area contributed by atoms with E-state index in [1.54, 1.807) is 11.0 Å². The average Bonchev–Trinajstić information content (AvgIpc) is 3.37. The number of benzene rings is 2. The highest BCUT2D eigenvalue weighted by atomic mass is 16.2. The van der Waals surface area contributed by atoms with Gasteiger partial charge < -0.3 is 25.1 Å². The highest BCUT2D eigenvalue weighted by Gasteiger charge is 2.89. The molecule has 3 N–H and O–H groups in total. The number of carbonyl (C=O) groups is 3. The first kappa shape index (κ1) is 19.4. The minimum atomic E-state index is -0.319. The highest BCUT2D eigenvalue weighted by molar-refractivity contribution is 6.01. The Morgan fingerprint density at radius 1 is 0.971 bits per heavy atom. The average molecular weight is 454 g/mol. The van der Waals surface area contributed by atoms with Crippen LogP contribution in [0.4, 0.5) is 0 Å². The molecule has 1 aliphatic carbocycles. The van der Waals surface area contributed by atoms with Gasteiger partial charge in [0.05, 0.1) is 12.1 Å². The van der Waals surface area contributed by atoms with Crippen LogP contribution in [-0.2, 0) is 4.79 Å². The number of hydrogen-bond acceptors (Lipinski definition) is 3. The van der Waals surface area contributed by atoms with E-state index >= 15 is 0 Å². The molecule has 4 unspecified atom stereocenters. The summed E-state index contributed by atoms with van der Waals surface area (Å²) in [7, 11) is 0. The lowest BCUT2D eigenvalue weighted by atomic mass is 10.2. The number of piperidine rings is 1. The number of likely N-dealkylation sites (tertiary alicyclic amines) is 1. The van der Waals surface area contributed by atoms with Crippen LogP contribution in [0.2, 0.25) is 0 Å². The fraction of sp³-hybridized carbons (Fsp3) is 0.269. The van der Waals surface area contributed by atoms with Crippen LogP contribution in [0.1, 0.15) is 27.9 Å². The van der Waals surface area contributed by atoms with Gasteiger partial charge in [-0.15, -0.1) is 0 Å². The van der Waals surface area contributed by atoms with Gasteiger partial charge in [-0.2, -0.15) is 0 Å². The number of rotatable bonds is 4. The smallest absolute Gasteiger partial charge is 0.272 e. The summed E-state index contributed by atoms with van der Waals surface area (Å²) in [5.41, 5.74) is 2.49. The zero-order valence-electron chi connectivity index (χ0n) is 18.5. The minimum absolute atomic E-state index is 0.0858. The van der Waals surface area contributed by atoms with Crippen LogP contribution >= 0.6 is 0 Å². The first-order chi connectivity index (χ1) is 16.5. The third-order valence-corrected chi connectivity index (χ3v) is 7.98. The standard InChI is InChI=1S/C26H23N5O3/c1-14-17-13-30(24(34)21-11-16-7-3-5-9-19(16)29-21)25-26(14,17)31(25)22(32)12-27-23(33)20-10-15-6-2-4-8-18(15)28-20/h2-11,14,17,25,28-29H,12-13H2,1H3,(H,27,33). The summed E-state index contributed by atoms with van der Waals surface area (Å²) in [5.74, 6) is 0.0904. The fourth-order valence-electron chi connectivity index (χ4n) is 6.22. The van der Waals surface area contributed by atoms with Crippen molar-refractivity contribution >= 4 is 39.5 Å². The van der Waals surface area contributed by atoms with Crippen molar-refractivity contribution in [2.45, 2.75) is 18.6 Å². The normalized spacial score (nSPS) is 26.4. The zero-order valence-corrected chi connectivity index (χ0v) is 18.5. The van der Waals surface area contributed by atoms with Gasteiger partial charge in [-0.05, 0) is 30.2 Å². The van der Waals surface area contributed by atoms with E-state index < -0.39 is 0 Å². The van der Waals surface area contributed by atoms with Gasteiger partial charge in [-0.25, -0.2) is 0 Å². The summed E-state index contributed by atoms with van der Waals surface area (Å²) in [6.45, 7) is 2.70. The Labute approximate surface area is 194 Å². The van der Waals surface area contributed by atoms with Crippen molar-refractivity contribution in [2.75, 3.05) is 13.1 Å².